The fourth-order valence-electron chi connectivity index (χ4n) is 1.57. The molecule has 2 N–H and O–H groups in total. The molecule has 0 aliphatic carbocycles. The van der Waals surface area contributed by atoms with Gasteiger partial charge in [-0.1, -0.05) is 30.3 Å². The molecule has 0 bridgehead atoms. The van der Waals surface area contributed by atoms with E-state index < -0.39 is 0 Å². The zero-order valence-electron chi connectivity index (χ0n) is 10.3. The Labute approximate surface area is 107 Å². The highest BCUT2D eigenvalue weighted by Gasteiger charge is 2.16. The van der Waals surface area contributed by atoms with Crippen LogP contribution in [0, 0.1) is 0 Å². The molecule has 0 fully saturated rings. The van der Waals surface area contributed by atoms with Crippen molar-refractivity contribution in [3.8, 4) is 0 Å². The predicted octanol–water partition coefficient (Wildman–Crippen LogP) is 2.37. The third-order valence-corrected chi connectivity index (χ3v) is 3.94. The number of nitrogens with two attached hydrogens (primary N) is 1. The molecule has 1 aromatic carbocycles. The SMILES string of the molecule is COC(=O)CCSC(c1ccccc1)C(C)N. The Morgan fingerprint density at radius 2 is 2.06 bits per heavy atom. The normalized spacial score (nSPS) is 14.1. The maximum atomic E-state index is 11.0. The summed E-state index contributed by atoms with van der Waals surface area (Å²) in [5.74, 6) is 0.558. The molecule has 1 rings (SSSR count). The number of benzene rings is 1. The largest absolute Gasteiger partial charge is 0.469 e. The second-order valence-electron chi connectivity index (χ2n) is 3.89. The molecule has 2 unspecified atom stereocenters. The van der Waals surface area contributed by atoms with E-state index in [1.165, 1.54) is 12.7 Å². The van der Waals surface area contributed by atoms with Crippen LogP contribution in [0.2, 0.25) is 0 Å². The monoisotopic (exact) mass is 253 g/mol. The van der Waals surface area contributed by atoms with Crippen LogP contribution in [-0.2, 0) is 9.53 Å². The number of carbonyl (C=O) groups excluding carboxylic acids is 1. The minimum absolute atomic E-state index is 0.0556. The van der Waals surface area contributed by atoms with Gasteiger partial charge < -0.3 is 10.5 Å². The van der Waals surface area contributed by atoms with Gasteiger partial charge in [-0.2, -0.15) is 11.8 Å². The highest BCUT2D eigenvalue weighted by atomic mass is 32.2. The molecule has 3 nitrogen and oxygen atoms in total. The zero-order chi connectivity index (χ0) is 12.7. The van der Waals surface area contributed by atoms with Crippen molar-refractivity contribution < 1.29 is 9.53 Å². The zero-order valence-corrected chi connectivity index (χ0v) is 11.1. The van der Waals surface area contributed by atoms with Crippen molar-refractivity contribution in [3.63, 3.8) is 0 Å². The van der Waals surface area contributed by atoms with Crippen molar-refractivity contribution in [1.29, 1.82) is 0 Å². The lowest BCUT2D eigenvalue weighted by molar-refractivity contribution is -0.140. The Balaban J connectivity index is 2.53. The summed E-state index contributed by atoms with van der Waals surface area (Å²) in [5.41, 5.74) is 7.19. The second kappa shape index (κ2) is 7.35. The van der Waals surface area contributed by atoms with Crippen LogP contribution in [0.25, 0.3) is 0 Å². The molecule has 0 aromatic heterocycles. The average Bonchev–Trinajstić information content (AvgIpc) is 2.34. The molecule has 0 aliphatic heterocycles. The molecule has 0 aliphatic rings. The van der Waals surface area contributed by atoms with Crippen LogP contribution < -0.4 is 5.73 Å². The van der Waals surface area contributed by atoms with Gasteiger partial charge >= 0.3 is 5.97 Å². The van der Waals surface area contributed by atoms with E-state index in [2.05, 4.69) is 16.9 Å². The lowest BCUT2D eigenvalue weighted by Crippen LogP contribution is -2.23. The lowest BCUT2D eigenvalue weighted by atomic mass is 10.1. The van der Waals surface area contributed by atoms with Gasteiger partial charge in [0, 0.05) is 17.0 Å². The third kappa shape index (κ3) is 4.79. The van der Waals surface area contributed by atoms with Gasteiger partial charge in [0.25, 0.3) is 0 Å². The summed E-state index contributed by atoms with van der Waals surface area (Å²) in [6.45, 7) is 1.99. The summed E-state index contributed by atoms with van der Waals surface area (Å²) in [5, 5.41) is 0.223. The molecule has 2 atom stereocenters. The van der Waals surface area contributed by atoms with Crippen LogP contribution in [0.3, 0.4) is 0 Å². The fourth-order valence-corrected chi connectivity index (χ4v) is 2.76. The Hall–Kier alpha value is -1.00. The quantitative estimate of drug-likeness (QED) is 0.791. The van der Waals surface area contributed by atoms with Crippen molar-refractivity contribution >= 4 is 17.7 Å². The number of rotatable bonds is 6. The topological polar surface area (TPSA) is 52.3 Å². The Kier molecular flexibility index (Phi) is 6.08. The second-order valence-corrected chi connectivity index (χ2v) is 5.14. The van der Waals surface area contributed by atoms with Gasteiger partial charge in [0.1, 0.15) is 0 Å². The summed E-state index contributed by atoms with van der Waals surface area (Å²) in [7, 11) is 1.41. The van der Waals surface area contributed by atoms with Crippen molar-refractivity contribution in [1.82, 2.24) is 0 Å². The number of carbonyl (C=O) groups is 1. The van der Waals surface area contributed by atoms with Gasteiger partial charge in [0.15, 0.2) is 0 Å². The standard InChI is InChI=1S/C13H19NO2S/c1-10(14)13(11-6-4-3-5-7-11)17-9-8-12(15)16-2/h3-7,10,13H,8-9,14H2,1-2H3. The number of hydrogen-bond acceptors (Lipinski definition) is 4. The van der Waals surface area contributed by atoms with Crippen LogP contribution in [0.4, 0.5) is 0 Å². The van der Waals surface area contributed by atoms with Crippen molar-refractivity contribution in [3.05, 3.63) is 35.9 Å². The molecular weight excluding hydrogens is 234 g/mol. The van der Waals surface area contributed by atoms with Crippen molar-refractivity contribution in [2.45, 2.75) is 24.6 Å². The molecule has 0 radical (unpaired) electrons. The van der Waals surface area contributed by atoms with Crippen LogP contribution in [0.15, 0.2) is 30.3 Å². The van der Waals surface area contributed by atoms with Gasteiger partial charge in [-0.15, -0.1) is 0 Å². The molecule has 0 saturated carbocycles. The van der Waals surface area contributed by atoms with Crippen LogP contribution in [0.5, 0.6) is 0 Å². The molecule has 17 heavy (non-hydrogen) atoms. The van der Waals surface area contributed by atoms with Gasteiger partial charge in [-0.05, 0) is 12.5 Å². The summed E-state index contributed by atoms with van der Waals surface area (Å²) in [6.07, 6.45) is 0.428. The highest BCUT2D eigenvalue weighted by molar-refractivity contribution is 7.99. The highest BCUT2D eigenvalue weighted by Crippen LogP contribution is 2.31. The van der Waals surface area contributed by atoms with Crippen LogP contribution in [-0.4, -0.2) is 24.9 Å². The van der Waals surface area contributed by atoms with E-state index in [1.807, 2.05) is 25.1 Å². The van der Waals surface area contributed by atoms with E-state index in [0.717, 1.165) is 5.75 Å². The Morgan fingerprint density at radius 3 is 2.59 bits per heavy atom. The van der Waals surface area contributed by atoms with Crippen molar-refractivity contribution in [2.75, 3.05) is 12.9 Å². The van der Waals surface area contributed by atoms with Gasteiger partial charge in [0.05, 0.1) is 13.5 Å². The first-order chi connectivity index (χ1) is 8.15. The van der Waals surface area contributed by atoms with E-state index in [9.17, 15) is 4.79 Å². The fraction of sp³-hybridized carbons (Fsp3) is 0.462. The first kappa shape index (κ1) is 14.1. The summed E-state index contributed by atoms with van der Waals surface area (Å²) < 4.78 is 4.61. The molecular formula is C13H19NO2S. The van der Waals surface area contributed by atoms with Crippen LogP contribution >= 0.6 is 11.8 Å². The van der Waals surface area contributed by atoms with Crippen LogP contribution in [0.1, 0.15) is 24.2 Å². The van der Waals surface area contributed by atoms with Gasteiger partial charge in [0.2, 0.25) is 0 Å². The van der Waals surface area contributed by atoms with E-state index in [0.29, 0.717) is 6.42 Å². The number of ether oxygens (including phenoxy) is 1. The average molecular weight is 253 g/mol. The Morgan fingerprint density at radius 1 is 1.41 bits per heavy atom. The number of methoxy groups -OCH3 is 1. The van der Waals surface area contributed by atoms with E-state index in [-0.39, 0.29) is 17.3 Å². The third-order valence-electron chi connectivity index (χ3n) is 2.44. The molecule has 4 heteroatoms. The first-order valence-corrected chi connectivity index (χ1v) is 6.69. The summed E-state index contributed by atoms with van der Waals surface area (Å²) in [6, 6.07) is 10.2. The summed E-state index contributed by atoms with van der Waals surface area (Å²) in [4.78, 5) is 11.0. The van der Waals surface area contributed by atoms with E-state index in [4.69, 9.17) is 5.73 Å². The van der Waals surface area contributed by atoms with E-state index >= 15 is 0 Å². The molecule has 0 saturated heterocycles. The Bertz CT molecular complexity index is 341. The summed E-state index contributed by atoms with van der Waals surface area (Å²) >= 11 is 1.70. The number of hydrogen-bond donors (Lipinski definition) is 1. The van der Waals surface area contributed by atoms with Gasteiger partial charge in [-0.3, -0.25) is 4.79 Å². The lowest BCUT2D eigenvalue weighted by Gasteiger charge is -2.20. The molecule has 0 amide bonds. The minimum atomic E-state index is -0.172. The maximum Gasteiger partial charge on any atom is 0.306 e. The molecule has 0 heterocycles. The van der Waals surface area contributed by atoms with Crippen molar-refractivity contribution in [2.24, 2.45) is 5.73 Å². The van der Waals surface area contributed by atoms with E-state index in [1.54, 1.807) is 11.8 Å². The predicted molar refractivity (Wildman–Crippen MR) is 71.9 cm³/mol. The smallest absolute Gasteiger partial charge is 0.306 e. The molecule has 0 spiro atoms. The number of thioether (sulfide) groups is 1. The molecule has 1 aromatic rings. The number of esters is 1. The first-order valence-electron chi connectivity index (χ1n) is 5.64. The van der Waals surface area contributed by atoms with Gasteiger partial charge in [-0.25, -0.2) is 0 Å². The molecule has 94 valence electrons. The maximum absolute atomic E-state index is 11.0. The minimum Gasteiger partial charge on any atom is -0.469 e.